The Bertz CT molecular complexity index is 718. The van der Waals surface area contributed by atoms with Crippen molar-refractivity contribution in [3.8, 4) is 5.75 Å². The summed E-state index contributed by atoms with van der Waals surface area (Å²) in [5, 5.41) is 8.44. The molecule has 1 aliphatic carbocycles. The Balaban J connectivity index is 1.58. The number of nitrogens with zero attached hydrogens (tertiary/aromatic N) is 3. The van der Waals surface area contributed by atoms with Crippen LogP contribution in [0, 0.1) is 5.92 Å². The second-order valence-corrected chi connectivity index (χ2v) is 7.08. The summed E-state index contributed by atoms with van der Waals surface area (Å²) in [6, 6.07) is 3.90. The number of hydrogen-bond acceptors (Lipinski definition) is 5. The fraction of sp³-hybridized carbons (Fsp3) is 0.632. The summed E-state index contributed by atoms with van der Waals surface area (Å²) in [6.07, 6.45) is 6.68. The molecule has 2 aromatic rings. The van der Waals surface area contributed by atoms with Crippen molar-refractivity contribution < 1.29 is 14.3 Å². The smallest absolute Gasteiger partial charge is 0.306 e. The molecule has 0 atom stereocenters. The first-order valence-electron chi connectivity index (χ1n) is 9.23. The molecule has 1 saturated carbocycles. The number of aromatic nitrogens is 3. The van der Waals surface area contributed by atoms with Gasteiger partial charge < -0.3 is 9.47 Å². The van der Waals surface area contributed by atoms with Crippen molar-refractivity contribution >= 4 is 11.6 Å². The summed E-state index contributed by atoms with van der Waals surface area (Å²) in [5.41, 5.74) is 0.842. The minimum absolute atomic E-state index is 0.0776. The van der Waals surface area contributed by atoms with Crippen molar-refractivity contribution in [3.63, 3.8) is 0 Å². The summed E-state index contributed by atoms with van der Waals surface area (Å²) in [4.78, 5) is 11.6. The van der Waals surface area contributed by atoms with Crippen LogP contribution >= 0.6 is 0 Å². The number of carbonyl (C=O) groups excluding carboxylic acids is 1. The van der Waals surface area contributed by atoms with Crippen LogP contribution in [0.15, 0.2) is 18.3 Å². The summed E-state index contributed by atoms with van der Waals surface area (Å²) in [7, 11) is 0. The molecule has 0 aliphatic heterocycles. The molecule has 0 N–H and O–H groups in total. The first-order valence-corrected chi connectivity index (χ1v) is 9.23. The van der Waals surface area contributed by atoms with Crippen LogP contribution in [0.25, 0.3) is 5.65 Å². The summed E-state index contributed by atoms with van der Waals surface area (Å²) in [5.74, 6) is 2.45. The zero-order valence-corrected chi connectivity index (χ0v) is 15.3. The lowest BCUT2D eigenvalue weighted by molar-refractivity contribution is -0.144. The molecule has 0 unspecified atom stereocenters. The highest BCUT2D eigenvalue weighted by molar-refractivity contribution is 5.69. The van der Waals surface area contributed by atoms with Crippen molar-refractivity contribution in [2.45, 2.75) is 64.9 Å². The molecule has 0 amide bonds. The first-order chi connectivity index (χ1) is 12.1. The average Bonchev–Trinajstić information content (AvgIpc) is 3.00. The molecule has 0 spiro atoms. The van der Waals surface area contributed by atoms with E-state index in [9.17, 15) is 4.79 Å². The quantitative estimate of drug-likeness (QED) is 0.746. The summed E-state index contributed by atoms with van der Waals surface area (Å²) in [6.45, 7) is 6.52. The van der Waals surface area contributed by atoms with Gasteiger partial charge in [0.05, 0.1) is 18.9 Å². The number of carbonyl (C=O) groups is 1. The number of fused-ring (bicyclic) bond motifs is 1. The van der Waals surface area contributed by atoms with Crippen LogP contribution in [0.5, 0.6) is 5.75 Å². The van der Waals surface area contributed by atoms with E-state index < -0.39 is 0 Å². The van der Waals surface area contributed by atoms with E-state index in [2.05, 4.69) is 24.0 Å². The zero-order chi connectivity index (χ0) is 17.8. The van der Waals surface area contributed by atoms with E-state index in [1.807, 2.05) is 29.7 Å². The highest BCUT2D eigenvalue weighted by Crippen LogP contribution is 2.30. The van der Waals surface area contributed by atoms with Gasteiger partial charge >= 0.3 is 5.97 Å². The SMILES string of the molecule is CCOC(=O)C[C@H]1CC[C@H](Oc2ccc3nnc(C(C)C)n3c2)CC1. The van der Waals surface area contributed by atoms with Gasteiger partial charge in [0.15, 0.2) is 5.65 Å². The van der Waals surface area contributed by atoms with Crippen molar-refractivity contribution in [1.29, 1.82) is 0 Å². The highest BCUT2D eigenvalue weighted by atomic mass is 16.5. The number of ether oxygens (including phenoxy) is 2. The van der Waals surface area contributed by atoms with Crippen molar-refractivity contribution in [2.24, 2.45) is 5.92 Å². The average molecular weight is 345 g/mol. The zero-order valence-electron chi connectivity index (χ0n) is 15.3. The molecule has 0 aromatic carbocycles. The highest BCUT2D eigenvalue weighted by Gasteiger charge is 2.25. The third kappa shape index (κ3) is 4.30. The predicted octanol–water partition coefficient (Wildman–Crippen LogP) is 3.74. The van der Waals surface area contributed by atoms with Gasteiger partial charge in [-0.3, -0.25) is 9.20 Å². The van der Waals surface area contributed by atoms with E-state index in [0.717, 1.165) is 42.9 Å². The Labute approximate surface area is 148 Å². The second-order valence-electron chi connectivity index (χ2n) is 7.08. The number of pyridine rings is 1. The fourth-order valence-corrected chi connectivity index (χ4v) is 3.45. The molecular formula is C19H27N3O3. The maximum absolute atomic E-state index is 11.6. The lowest BCUT2D eigenvalue weighted by Crippen LogP contribution is -2.25. The predicted molar refractivity (Wildman–Crippen MR) is 94.7 cm³/mol. The third-order valence-electron chi connectivity index (χ3n) is 4.78. The van der Waals surface area contributed by atoms with E-state index in [-0.39, 0.29) is 12.1 Å². The van der Waals surface area contributed by atoms with Gasteiger partial charge in [-0.25, -0.2) is 0 Å². The molecule has 1 aliphatic rings. The standard InChI is InChI=1S/C19H27N3O3/c1-4-24-18(23)11-14-5-7-15(8-6-14)25-16-9-10-17-20-21-19(13(2)3)22(17)12-16/h9-10,12-15H,4-8,11H2,1-3H3/t14-,15-. The van der Waals surface area contributed by atoms with Gasteiger partial charge in [0, 0.05) is 12.3 Å². The maximum atomic E-state index is 11.6. The van der Waals surface area contributed by atoms with Crippen LogP contribution in [-0.4, -0.2) is 33.3 Å². The van der Waals surface area contributed by atoms with E-state index in [4.69, 9.17) is 9.47 Å². The number of rotatable bonds is 6. The molecule has 2 aromatic heterocycles. The van der Waals surface area contributed by atoms with E-state index >= 15 is 0 Å². The van der Waals surface area contributed by atoms with Crippen LogP contribution in [0.4, 0.5) is 0 Å². The molecule has 0 bridgehead atoms. The Morgan fingerprint density at radius 2 is 2.00 bits per heavy atom. The van der Waals surface area contributed by atoms with Gasteiger partial charge in [0.25, 0.3) is 0 Å². The Hall–Kier alpha value is -2.11. The normalized spacial score (nSPS) is 20.8. The van der Waals surface area contributed by atoms with E-state index in [0.29, 0.717) is 24.9 Å². The van der Waals surface area contributed by atoms with Gasteiger partial charge in [-0.2, -0.15) is 0 Å². The molecule has 6 heteroatoms. The Kier molecular flexibility index (Phi) is 5.56. The largest absolute Gasteiger partial charge is 0.489 e. The monoisotopic (exact) mass is 345 g/mol. The minimum Gasteiger partial charge on any atom is -0.489 e. The van der Waals surface area contributed by atoms with Crippen LogP contribution in [0.1, 0.15) is 64.6 Å². The van der Waals surface area contributed by atoms with E-state index in [1.54, 1.807) is 0 Å². The number of esters is 1. The van der Waals surface area contributed by atoms with Crippen molar-refractivity contribution in [1.82, 2.24) is 14.6 Å². The summed E-state index contributed by atoms with van der Waals surface area (Å²) < 4.78 is 13.2. The molecule has 0 radical (unpaired) electrons. The number of hydrogen-bond donors (Lipinski definition) is 0. The lowest BCUT2D eigenvalue weighted by Gasteiger charge is -2.28. The fourth-order valence-electron chi connectivity index (χ4n) is 3.45. The minimum atomic E-state index is -0.0776. The van der Waals surface area contributed by atoms with Gasteiger partial charge in [0.2, 0.25) is 0 Å². The molecule has 25 heavy (non-hydrogen) atoms. The Morgan fingerprint density at radius 1 is 1.24 bits per heavy atom. The van der Waals surface area contributed by atoms with E-state index in [1.165, 1.54) is 0 Å². The van der Waals surface area contributed by atoms with Gasteiger partial charge in [-0.1, -0.05) is 13.8 Å². The molecule has 3 rings (SSSR count). The third-order valence-corrected chi connectivity index (χ3v) is 4.78. The Morgan fingerprint density at radius 3 is 2.68 bits per heavy atom. The van der Waals surface area contributed by atoms with Crippen LogP contribution < -0.4 is 4.74 Å². The van der Waals surface area contributed by atoms with Gasteiger partial charge in [0.1, 0.15) is 11.6 Å². The molecular weight excluding hydrogens is 318 g/mol. The summed E-state index contributed by atoms with van der Waals surface area (Å²) >= 11 is 0. The molecule has 0 saturated heterocycles. The first kappa shape index (κ1) is 17.7. The molecule has 6 nitrogen and oxygen atoms in total. The lowest BCUT2D eigenvalue weighted by atomic mass is 9.85. The van der Waals surface area contributed by atoms with Crippen LogP contribution in [0.3, 0.4) is 0 Å². The molecule has 2 heterocycles. The van der Waals surface area contributed by atoms with Crippen LogP contribution in [0.2, 0.25) is 0 Å². The van der Waals surface area contributed by atoms with Gasteiger partial charge in [-0.15, -0.1) is 10.2 Å². The van der Waals surface area contributed by atoms with Crippen LogP contribution in [-0.2, 0) is 9.53 Å². The maximum Gasteiger partial charge on any atom is 0.306 e. The second kappa shape index (κ2) is 7.85. The van der Waals surface area contributed by atoms with Crippen molar-refractivity contribution in [3.05, 3.63) is 24.2 Å². The van der Waals surface area contributed by atoms with Crippen molar-refractivity contribution in [2.75, 3.05) is 6.61 Å². The molecule has 1 fully saturated rings. The molecule has 136 valence electrons. The topological polar surface area (TPSA) is 65.7 Å². The van der Waals surface area contributed by atoms with Gasteiger partial charge in [-0.05, 0) is 50.7 Å².